The lowest BCUT2D eigenvalue weighted by Crippen LogP contribution is -2.03. The van der Waals surface area contributed by atoms with Gasteiger partial charge < -0.3 is 10.4 Å². The van der Waals surface area contributed by atoms with E-state index in [1.54, 1.807) is 0 Å². The zero-order valence-electron chi connectivity index (χ0n) is 9.98. The molecule has 0 fully saturated rings. The second kappa shape index (κ2) is 5.49. The summed E-state index contributed by atoms with van der Waals surface area (Å²) in [4.78, 5) is 21.5. The van der Waals surface area contributed by atoms with Crippen LogP contribution in [0.2, 0.25) is 0 Å². The van der Waals surface area contributed by atoms with Gasteiger partial charge in [-0.05, 0) is 36.1 Å². The Bertz CT molecular complexity index is 506. The zero-order valence-corrected chi connectivity index (χ0v) is 9.98. The van der Waals surface area contributed by atoms with Gasteiger partial charge in [-0.3, -0.25) is 9.59 Å². The minimum Gasteiger partial charge on any atom is -0.481 e. The number of fused-ring (bicyclic) bond motifs is 1. The van der Waals surface area contributed by atoms with Crippen LogP contribution >= 0.6 is 0 Å². The molecule has 1 aromatic carbocycles. The lowest BCUT2D eigenvalue weighted by molar-refractivity contribution is -0.137. The van der Waals surface area contributed by atoms with Gasteiger partial charge in [0.15, 0.2) is 0 Å². The molecule has 0 aromatic heterocycles. The van der Waals surface area contributed by atoms with E-state index in [9.17, 15) is 9.59 Å². The number of carboxylic acids is 1. The van der Waals surface area contributed by atoms with Crippen molar-refractivity contribution in [2.24, 2.45) is 0 Å². The summed E-state index contributed by atoms with van der Waals surface area (Å²) in [6.45, 7) is 0. The van der Waals surface area contributed by atoms with Crippen molar-refractivity contribution < 1.29 is 14.7 Å². The molecule has 18 heavy (non-hydrogen) atoms. The monoisotopic (exact) mass is 245 g/mol. The minimum absolute atomic E-state index is 0.0348. The highest BCUT2D eigenvalue weighted by Gasteiger charge is 2.16. The molecule has 0 unspecified atom stereocenters. The number of anilines is 1. The molecule has 0 radical (unpaired) electrons. The summed E-state index contributed by atoms with van der Waals surface area (Å²) in [5.74, 6) is -0.724. The fraction of sp³-hybridized carbons (Fsp3) is 0.286. The van der Waals surface area contributed by atoms with Crippen molar-refractivity contribution >= 4 is 23.6 Å². The number of hydrogen-bond acceptors (Lipinski definition) is 2. The molecule has 1 heterocycles. The van der Waals surface area contributed by atoms with E-state index in [-0.39, 0.29) is 12.3 Å². The number of rotatable bonds is 5. The van der Waals surface area contributed by atoms with Gasteiger partial charge in [0, 0.05) is 12.1 Å². The number of unbranched alkanes of at least 4 members (excludes halogenated alkanes) is 1. The second-order valence-electron chi connectivity index (χ2n) is 4.33. The van der Waals surface area contributed by atoms with Crippen molar-refractivity contribution in [2.45, 2.75) is 25.7 Å². The number of hydrogen-bond donors (Lipinski definition) is 2. The molecule has 1 amide bonds. The molecule has 4 nitrogen and oxygen atoms in total. The third-order valence-electron chi connectivity index (χ3n) is 2.83. The maximum atomic E-state index is 11.2. The third-order valence-corrected chi connectivity index (χ3v) is 2.83. The van der Waals surface area contributed by atoms with Crippen LogP contribution in [-0.4, -0.2) is 17.0 Å². The smallest absolute Gasteiger partial charge is 0.303 e. The summed E-state index contributed by atoms with van der Waals surface area (Å²) in [5, 5.41) is 11.3. The number of amides is 1. The molecule has 1 aliphatic heterocycles. The van der Waals surface area contributed by atoms with Gasteiger partial charge in [0.1, 0.15) is 0 Å². The normalized spacial score (nSPS) is 13.7. The molecule has 4 heteroatoms. The molecule has 0 aliphatic carbocycles. The van der Waals surface area contributed by atoms with E-state index >= 15 is 0 Å². The second-order valence-corrected chi connectivity index (χ2v) is 4.33. The molecule has 0 saturated carbocycles. The third kappa shape index (κ3) is 3.20. The summed E-state index contributed by atoms with van der Waals surface area (Å²) in [6, 6.07) is 5.83. The molecule has 94 valence electrons. The maximum Gasteiger partial charge on any atom is 0.303 e. The molecule has 1 aliphatic rings. The lowest BCUT2D eigenvalue weighted by Gasteiger charge is -1.99. The van der Waals surface area contributed by atoms with Crippen LogP contribution in [0.1, 0.15) is 30.4 Å². The Hall–Kier alpha value is -2.10. The van der Waals surface area contributed by atoms with Crippen molar-refractivity contribution in [3.05, 3.63) is 35.4 Å². The molecule has 0 spiro atoms. The van der Waals surface area contributed by atoms with Crippen LogP contribution in [0.4, 0.5) is 5.69 Å². The predicted molar refractivity (Wildman–Crippen MR) is 69.3 cm³/mol. The average molecular weight is 245 g/mol. The molecular formula is C14H15NO3. The summed E-state index contributed by atoms with van der Waals surface area (Å²) in [7, 11) is 0. The standard InChI is InChI=1S/C14H15NO3/c16-13-9-11-8-10(6-7-12(11)15-13)4-2-1-3-5-14(17)18/h2,4,6-8H,1,3,5,9H2,(H,15,16)(H,17,18)/b4-2+. The van der Waals surface area contributed by atoms with Gasteiger partial charge in [-0.2, -0.15) is 0 Å². The number of benzene rings is 1. The average Bonchev–Trinajstić information content (AvgIpc) is 2.67. The van der Waals surface area contributed by atoms with E-state index in [2.05, 4.69) is 5.32 Å². The Morgan fingerprint density at radius 3 is 3.06 bits per heavy atom. The minimum atomic E-state index is -0.759. The first-order valence-corrected chi connectivity index (χ1v) is 5.96. The Morgan fingerprint density at radius 2 is 2.28 bits per heavy atom. The quantitative estimate of drug-likeness (QED) is 0.783. The van der Waals surface area contributed by atoms with Gasteiger partial charge in [0.05, 0.1) is 6.42 Å². The number of allylic oxidation sites excluding steroid dienone is 1. The van der Waals surface area contributed by atoms with Gasteiger partial charge >= 0.3 is 5.97 Å². The van der Waals surface area contributed by atoms with Crippen molar-refractivity contribution in [3.8, 4) is 0 Å². The highest BCUT2D eigenvalue weighted by molar-refractivity contribution is 5.99. The van der Waals surface area contributed by atoms with Gasteiger partial charge in [0.2, 0.25) is 5.91 Å². The lowest BCUT2D eigenvalue weighted by atomic mass is 10.1. The molecule has 1 aromatic rings. The summed E-state index contributed by atoms with van der Waals surface area (Å²) < 4.78 is 0. The van der Waals surface area contributed by atoms with Crippen molar-refractivity contribution in [1.29, 1.82) is 0 Å². The molecular weight excluding hydrogens is 230 g/mol. The van der Waals surface area contributed by atoms with Gasteiger partial charge in [0.25, 0.3) is 0 Å². The van der Waals surface area contributed by atoms with E-state index < -0.39 is 5.97 Å². The Balaban J connectivity index is 1.91. The number of nitrogens with one attached hydrogen (secondary N) is 1. The van der Waals surface area contributed by atoms with Crippen molar-refractivity contribution in [2.75, 3.05) is 5.32 Å². The first-order chi connectivity index (χ1) is 8.65. The van der Waals surface area contributed by atoms with Gasteiger partial charge in [-0.25, -0.2) is 0 Å². The van der Waals surface area contributed by atoms with Gasteiger partial charge in [-0.1, -0.05) is 18.2 Å². The Kier molecular flexibility index (Phi) is 3.77. The molecule has 2 N–H and O–H groups in total. The van der Waals surface area contributed by atoms with Crippen LogP contribution < -0.4 is 5.32 Å². The van der Waals surface area contributed by atoms with Crippen LogP contribution in [0, 0.1) is 0 Å². The SMILES string of the molecule is O=C(O)CCC/C=C/c1ccc2c(c1)CC(=O)N2. The van der Waals surface area contributed by atoms with Crippen molar-refractivity contribution in [1.82, 2.24) is 0 Å². The number of carbonyl (C=O) groups excluding carboxylic acids is 1. The van der Waals surface area contributed by atoms with Crippen LogP contribution in [0.5, 0.6) is 0 Å². The highest BCUT2D eigenvalue weighted by atomic mass is 16.4. The van der Waals surface area contributed by atoms with E-state index in [1.165, 1.54) is 0 Å². The van der Waals surface area contributed by atoms with E-state index in [4.69, 9.17) is 5.11 Å². The number of carbonyl (C=O) groups is 2. The maximum absolute atomic E-state index is 11.2. The van der Waals surface area contributed by atoms with Crippen LogP contribution in [0.15, 0.2) is 24.3 Å². The van der Waals surface area contributed by atoms with Crippen molar-refractivity contribution in [3.63, 3.8) is 0 Å². The molecule has 0 saturated heterocycles. The summed E-state index contributed by atoms with van der Waals surface area (Å²) >= 11 is 0. The topological polar surface area (TPSA) is 66.4 Å². The molecule has 0 atom stereocenters. The van der Waals surface area contributed by atoms with Crippen LogP contribution in [0.3, 0.4) is 0 Å². The molecule has 0 bridgehead atoms. The van der Waals surface area contributed by atoms with E-state index in [0.29, 0.717) is 12.8 Å². The summed E-state index contributed by atoms with van der Waals surface area (Å²) in [5.41, 5.74) is 2.95. The number of carboxylic acid groups (broad SMARTS) is 1. The van der Waals surface area contributed by atoms with Crippen LogP contribution in [-0.2, 0) is 16.0 Å². The Morgan fingerprint density at radius 1 is 1.44 bits per heavy atom. The Labute approximate surface area is 105 Å². The van der Waals surface area contributed by atoms with Crippen LogP contribution in [0.25, 0.3) is 6.08 Å². The first kappa shape index (κ1) is 12.4. The largest absolute Gasteiger partial charge is 0.481 e. The fourth-order valence-electron chi connectivity index (χ4n) is 1.94. The zero-order chi connectivity index (χ0) is 13.0. The highest BCUT2D eigenvalue weighted by Crippen LogP contribution is 2.24. The summed E-state index contributed by atoms with van der Waals surface area (Å²) in [6.07, 6.45) is 5.97. The van der Waals surface area contributed by atoms with Gasteiger partial charge in [-0.15, -0.1) is 0 Å². The fourth-order valence-corrected chi connectivity index (χ4v) is 1.94. The molecule has 2 rings (SSSR count). The van der Waals surface area contributed by atoms with E-state index in [1.807, 2.05) is 30.4 Å². The predicted octanol–water partition coefficient (Wildman–Crippen LogP) is 2.45. The first-order valence-electron chi connectivity index (χ1n) is 5.96. The number of aliphatic carboxylic acids is 1. The van der Waals surface area contributed by atoms with E-state index in [0.717, 1.165) is 23.2 Å².